The topological polar surface area (TPSA) is 66.9 Å². The summed E-state index contributed by atoms with van der Waals surface area (Å²) in [5, 5.41) is 6.17. The number of hydrogen-bond acceptors (Lipinski definition) is 4. The Bertz CT molecular complexity index is 689. The summed E-state index contributed by atoms with van der Waals surface area (Å²) in [6.07, 6.45) is 4.09. The maximum atomic E-state index is 12.4. The first-order chi connectivity index (χ1) is 11.3. The highest BCUT2D eigenvalue weighted by Crippen LogP contribution is 2.29. The van der Waals surface area contributed by atoms with Gasteiger partial charge >= 0.3 is 0 Å². The van der Waals surface area contributed by atoms with Gasteiger partial charge in [-0.2, -0.15) is 0 Å². The van der Waals surface area contributed by atoms with Crippen LogP contribution in [0.25, 0.3) is 0 Å². The Labute approximate surface area is 143 Å². The fourth-order valence-electron chi connectivity index (χ4n) is 2.31. The first kappa shape index (κ1) is 17.9. The molecule has 128 valence electrons. The van der Waals surface area contributed by atoms with Crippen LogP contribution in [0.5, 0.6) is 0 Å². The van der Waals surface area contributed by atoms with Gasteiger partial charge in [-0.1, -0.05) is 45.9 Å². The van der Waals surface area contributed by atoms with E-state index in [2.05, 4.69) is 55.2 Å². The second kappa shape index (κ2) is 7.43. The monoisotopic (exact) mass is 326 g/mol. The molecule has 0 aliphatic rings. The summed E-state index contributed by atoms with van der Waals surface area (Å²) in [7, 11) is 0. The molecule has 0 fully saturated rings. The number of hydrogen-bond donors (Lipinski definition) is 2. The van der Waals surface area contributed by atoms with Gasteiger partial charge in [-0.15, -0.1) is 0 Å². The molecular formula is C19H26N4O. The van der Waals surface area contributed by atoms with Gasteiger partial charge in [0.1, 0.15) is 11.5 Å². The minimum Gasteiger partial charge on any atom is -0.366 e. The number of carbonyl (C=O) groups is 1. The fraction of sp³-hybridized carbons (Fsp3) is 0.421. The number of nitrogens with zero attached hydrogens (tertiary/aromatic N) is 2. The molecule has 0 saturated heterocycles. The van der Waals surface area contributed by atoms with Crippen molar-refractivity contribution in [3.8, 4) is 0 Å². The van der Waals surface area contributed by atoms with Crippen molar-refractivity contribution < 1.29 is 4.79 Å². The minimum absolute atomic E-state index is 0.0559. The van der Waals surface area contributed by atoms with E-state index in [1.54, 1.807) is 6.20 Å². The molecule has 1 heterocycles. The molecule has 0 bridgehead atoms. The van der Waals surface area contributed by atoms with E-state index in [0.717, 1.165) is 17.7 Å². The number of anilines is 2. The zero-order valence-electron chi connectivity index (χ0n) is 15.1. The predicted octanol–water partition coefficient (Wildman–Crippen LogP) is 4.24. The van der Waals surface area contributed by atoms with Gasteiger partial charge in [-0.05, 0) is 30.4 Å². The van der Waals surface area contributed by atoms with Gasteiger partial charge in [0, 0.05) is 11.7 Å². The van der Waals surface area contributed by atoms with Crippen molar-refractivity contribution in [2.45, 2.75) is 52.5 Å². The van der Waals surface area contributed by atoms with Crippen molar-refractivity contribution in [3.05, 3.63) is 47.9 Å². The third-order valence-electron chi connectivity index (χ3n) is 3.87. The Morgan fingerprint density at radius 3 is 2.46 bits per heavy atom. The lowest BCUT2D eigenvalue weighted by atomic mass is 9.86. The third-order valence-corrected chi connectivity index (χ3v) is 3.87. The molecule has 2 aromatic rings. The Balaban J connectivity index is 2.14. The molecule has 2 rings (SSSR count). The number of para-hydroxylation sites is 1. The molecule has 0 spiro atoms. The van der Waals surface area contributed by atoms with Crippen LogP contribution in [0.15, 0.2) is 36.7 Å². The lowest BCUT2D eigenvalue weighted by molar-refractivity contribution is 0.102. The second-order valence-electron chi connectivity index (χ2n) is 6.99. The van der Waals surface area contributed by atoms with Crippen LogP contribution in [0, 0.1) is 0 Å². The van der Waals surface area contributed by atoms with Crippen LogP contribution < -0.4 is 10.6 Å². The Hall–Kier alpha value is -2.43. The Morgan fingerprint density at radius 1 is 1.17 bits per heavy atom. The SMILES string of the molecule is CCC(C)Nc1cnc(C(=O)Nc2ccccc2C(C)(C)C)cn1. The number of benzene rings is 1. The summed E-state index contributed by atoms with van der Waals surface area (Å²) in [4.78, 5) is 20.9. The van der Waals surface area contributed by atoms with Crippen molar-refractivity contribution in [3.63, 3.8) is 0 Å². The first-order valence-electron chi connectivity index (χ1n) is 8.30. The smallest absolute Gasteiger partial charge is 0.275 e. The van der Waals surface area contributed by atoms with E-state index < -0.39 is 0 Å². The molecular weight excluding hydrogens is 300 g/mol. The zero-order chi connectivity index (χ0) is 17.7. The van der Waals surface area contributed by atoms with E-state index in [9.17, 15) is 4.79 Å². The predicted molar refractivity (Wildman–Crippen MR) is 98.5 cm³/mol. The van der Waals surface area contributed by atoms with Crippen LogP contribution >= 0.6 is 0 Å². The lowest BCUT2D eigenvalue weighted by Crippen LogP contribution is -2.20. The molecule has 5 heteroatoms. The largest absolute Gasteiger partial charge is 0.366 e. The molecule has 0 radical (unpaired) electrons. The van der Waals surface area contributed by atoms with Gasteiger partial charge < -0.3 is 10.6 Å². The molecule has 2 N–H and O–H groups in total. The third kappa shape index (κ3) is 4.54. The van der Waals surface area contributed by atoms with Crippen molar-refractivity contribution in [2.75, 3.05) is 10.6 Å². The standard InChI is InChI=1S/C19H26N4O/c1-6-13(2)22-17-12-20-16(11-21-17)18(24)23-15-10-8-7-9-14(15)19(3,4)5/h7-13H,6H2,1-5H3,(H,21,22)(H,23,24). The average molecular weight is 326 g/mol. The summed E-state index contributed by atoms with van der Waals surface area (Å²) >= 11 is 0. The molecule has 5 nitrogen and oxygen atoms in total. The van der Waals surface area contributed by atoms with Crippen molar-refractivity contribution >= 4 is 17.4 Å². The molecule has 1 aromatic carbocycles. The van der Waals surface area contributed by atoms with E-state index in [4.69, 9.17) is 0 Å². The van der Waals surface area contributed by atoms with Crippen LogP contribution in [0.4, 0.5) is 11.5 Å². The van der Waals surface area contributed by atoms with Gasteiger partial charge in [-0.25, -0.2) is 9.97 Å². The van der Waals surface area contributed by atoms with E-state index in [-0.39, 0.29) is 11.3 Å². The average Bonchev–Trinajstić information content (AvgIpc) is 2.55. The summed E-state index contributed by atoms with van der Waals surface area (Å²) in [5.41, 5.74) is 2.13. The molecule has 1 unspecified atom stereocenters. The maximum Gasteiger partial charge on any atom is 0.275 e. The maximum absolute atomic E-state index is 12.4. The minimum atomic E-state index is -0.255. The van der Waals surface area contributed by atoms with Crippen molar-refractivity contribution in [1.29, 1.82) is 0 Å². The fourth-order valence-corrected chi connectivity index (χ4v) is 2.31. The first-order valence-corrected chi connectivity index (χ1v) is 8.30. The second-order valence-corrected chi connectivity index (χ2v) is 6.99. The van der Waals surface area contributed by atoms with Crippen LogP contribution in [0.1, 0.15) is 57.1 Å². The quantitative estimate of drug-likeness (QED) is 0.862. The van der Waals surface area contributed by atoms with Gasteiger partial charge in [0.05, 0.1) is 12.4 Å². The van der Waals surface area contributed by atoms with Gasteiger partial charge in [0.15, 0.2) is 0 Å². The number of nitrogens with one attached hydrogen (secondary N) is 2. The molecule has 1 aromatic heterocycles. The van der Waals surface area contributed by atoms with E-state index in [1.165, 1.54) is 6.20 Å². The van der Waals surface area contributed by atoms with E-state index >= 15 is 0 Å². The number of carbonyl (C=O) groups excluding carboxylic acids is 1. The molecule has 0 aliphatic heterocycles. The molecule has 24 heavy (non-hydrogen) atoms. The van der Waals surface area contributed by atoms with Crippen LogP contribution in [-0.2, 0) is 5.41 Å². The number of amides is 1. The lowest BCUT2D eigenvalue weighted by Gasteiger charge is -2.22. The van der Waals surface area contributed by atoms with E-state index in [1.807, 2.05) is 24.3 Å². The molecule has 0 saturated carbocycles. The van der Waals surface area contributed by atoms with Gasteiger partial charge in [-0.3, -0.25) is 4.79 Å². The molecule has 1 amide bonds. The summed E-state index contributed by atoms with van der Waals surface area (Å²) in [6.45, 7) is 10.5. The van der Waals surface area contributed by atoms with Crippen LogP contribution in [-0.4, -0.2) is 21.9 Å². The van der Waals surface area contributed by atoms with E-state index in [0.29, 0.717) is 17.6 Å². The van der Waals surface area contributed by atoms with Crippen LogP contribution in [0.3, 0.4) is 0 Å². The highest BCUT2D eigenvalue weighted by molar-refractivity contribution is 6.03. The van der Waals surface area contributed by atoms with Crippen molar-refractivity contribution in [1.82, 2.24) is 9.97 Å². The Kier molecular flexibility index (Phi) is 5.54. The number of rotatable bonds is 5. The highest BCUT2D eigenvalue weighted by Gasteiger charge is 2.19. The van der Waals surface area contributed by atoms with Crippen molar-refractivity contribution in [2.24, 2.45) is 0 Å². The molecule has 1 atom stereocenters. The Morgan fingerprint density at radius 2 is 1.88 bits per heavy atom. The van der Waals surface area contributed by atoms with Crippen LogP contribution in [0.2, 0.25) is 0 Å². The zero-order valence-corrected chi connectivity index (χ0v) is 15.1. The number of aromatic nitrogens is 2. The summed E-state index contributed by atoms with van der Waals surface area (Å²) < 4.78 is 0. The van der Waals surface area contributed by atoms with Gasteiger partial charge in [0.25, 0.3) is 5.91 Å². The summed E-state index contributed by atoms with van der Waals surface area (Å²) in [5.74, 6) is 0.422. The summed E-state index contributed by atoms with van der Waals surface area (Å²) in [6, 6.07) is 8.14. The molecule has 0 aliphatic carbocycles. The normalized spacial score (nSPS) is 12.5. The highest BCUT2D eigenvalue weighted by atomic mass is 16.1. The van der Waals surface area contributed by atoms with Gasteiger partial charge in [0.2, 0.25) is 0 Å².